The molecular formula is C19H29NO. The third kappa shape index (κ3) is 3.32. The van der Waals surface area contributed by atoms with E-state index in [1.54, 1.807) is 0 Å². The van der Waals surface area contributed by atoms with Gasteiger partial charge < -0.3 is 9.73 Å². The molecule has 2 aromatic rings. The van der Waals surface area contributed by atoms with Gasteiger partial charge in [0.1, 0.15) is 11.3 Å². The molecule has 1 unspecified atom stereocenters. The Balaban J connectivity index is 2.60. The minimum Gasteiger partial charge on any atom is -0.459 e. The zero-order valence-corrected chi connectivity index (χ0v) is 14.3. The van der Waals surface area contributed by atoms with Gasteiger partial charge in [0.25, 0.3) is 0 Å². The third-order valence-corrected chi connectivity index (χ3v) is 4.18. The fourth-order valence-electron chi connectivity index (χ4n) is 2.89. The first-order valence-corrected chi connectivity index (χ1v) is 8.14. The molecule has 0 aliphatic rings. The molecule has 0 spiro atoms. The van der Waals surface area contributed by atoms with E-state index < -0.39 is 0 Å². The molecule has 2 heteroatoms. The molecule has 0 aliphatic carbocycles. The Labute approximate surface area is 128 Å². The number of fused-ring (bicyclic) bond motifs is 1. The van der Waals surface area contributed by atoms with E-state index in [0.717, 1.165) is 30.6 Å². The summed E-state index contributed by atoms with van der Waals surface area (Å²) in [7, 11) is 2.01. The van der Waals surface area contributed by atoms with E-state index in [0.29, 0.717) is 6.04 Å². The molecule has 2 rings (SSSR count). The standard InChI is InChI=1S/C19H29NO/c1-7-9-16(20-6)17-12-14-10-13(8-2)11-15(18(14)21-17)19(3,4)5/h10-12,16,20H,7-9H2,1-6H3. The van der Waals surface area contributed by atoms with Gasteiger partial charge in [-0.05, 0) is 43.0 Å². The maximum absolute atomic E-state index is 6.27. The van der Waals surface area contributed by atoms with Gasteiger partial charge in [0, 0.05) is 10.9 Å². The first-order chi connectivity index (χ1) is 9.90. The van der Waals surface area contributed by atoms with Crippen LogP contribution < -0.4 is 5.32 Å². The van der Waals surface area contributed by atoms with Crippen molar-refractivity contribution in [3.8, 4) is 0 Å². The summed E-state index contributed by atoms with van der Waals surface area (Å²) in [6.07, 6.45) is 3.31. The normalized spacial score (nSPS) is 13.8. The number of benzene rings is 1. The van der Waals surface area contributed by atoms with Crippen molar-refractivity contribution in [1.82, 2.24) is 5.32 Å². The molecule has 1 heterocycles. The number of rotatable bonds is 5. The molecule has 0 amide bonds. The van der Waals surface area contributed by atoms with Crippen molar-refractivity contribution in [2.45, 2.75) is 65.3 Å². The molecule has 0 aliphatic heterocycles. The fraction of sp³-hybridized carbons (Fsp3) is 0.579. The maximum atomic E-state index is 6.27. The van der Waals surface area contributed by atoms with Crippen LogP contribution in [0.3, 0.4) is 0 Å². The summed E-state index contributed by atoms with van der Waals surface area (Å²) in [4.78, 5) is 0. The number of furan rings is 1. The van der Waals surface area contributed by atoms with E-state index in [9.17, 15) is 0 Å². The Morgan fingerprint density at radius 1 is 1.14 bits per heavy atom. The highest BCUT2D eigenvalue weighted by Crippen LogP contribution is 2.35. The van der Waals surface area contributed by atoms with Gasteiger partial charge in [-0.2, -0.15) is 0 Å². The van der Waals surface area contributed by atoms with Gasteiger partial charge >= 0.3 is 0 Å². The van der Waals surface area contributed by atoms with E-state index in [2.05, 4.69) is 58.1 Å². The van der Waals surface area contributed by atoms with E-state index in [4.69, 9.17) is 4.42 Å². The Morgan fingerprint density at radius 3 is 2.38 bits per heavy atom. The second-order valence-corrected chi connectivity index (χ2v) is 6.94. The average Bonchev–Trinajstić information content (AvgIpc) is 2.85. The first-order valence-electron chi connectivity index (χ1n) is 8.14. The Kier molecular flexibility index (Phi) is 4.77. The second kappa shape index (κ2) is 6.23. The summed E-state index contributed by atoms with van der Waals surface area (Å²) in [5.41, 5.74) is 3.86. The SMILES string of the molecule is CCCC(NC)c1cc2cc(CC)cc(C(C)(C)C)c2o1. The van der Waals surface area contributed by atoms with E-state index in [1.165, 1.54) is 16.5 Å². The lowest BCUT2D eigenvalue weighted by Crippen LogP contribution is -2.15. The van der Waals surface area contributed by atoms with Crippen LogP contribution in [-0.4, -0.2) is 7.05 Å². The van der Waals surface area contributed by atoms with Gasteiger partial charge in [-0.25, -0.2) is 0 Å². The lowest BCUT2D eigenvalue weighted by molar-refractivity contribution is 0.426. The highest BCUT2D eigenvalue weighted by molar-refractivity contribution is 5.83. The Morgan fingerprint density at radius 2 is 1.86 bits per heavy atom. The maximum Gasteiger partial charge on any atom is 0.138 e. The van der Waals surface area contributed by atoms with Crippen LogP contribution in [0.4, 0.5) is 0 Å². The largest absolute Gasteiger partial charge is 0.459 e. The van der Waals surface area contributed by atoms with Crippen LogP contribution >= 0.6 is 0 Å². The minimum absolute atomic E-state index is 0.0957. The van der Waals surface area contributed by atoms with Crippen molar-refractivity contribution in [1.29, 1.82) is 0 Å². The van der Waals surface area contributed by atoms with E-state index in [-0.39, 0.29) is 5.41 Å². The van der Waals surface area contributed by atoms with Crippen LogP contribution in [-0.2, 0) is 11.8 Å². The zero-order valence-electron chi connectivity index (χ0n) is 14.3. The first kappa shape index (κ1) is 16.1. The summed E-state index contributed by atoms with van der Waals surface area (Å²) < 4.78 is 6.27. The van der Waals surface area contributed by atoms with Gasteiger partial charge in [0.05, 0.1) is 6.04 Å². The number of aryl methyl sites for hydroxylation is 1. The lowest BCUT2D eigenvalue weighted by atomic mass is 9.85. The molecule has 116 valence electrons. The van der Waals surface area contributed by atoms with Gasteiger partial charge in [0.2, 0.25) is 0 Å². The monoisotopic (exact) mass is 287 g/mol. The summed E-state index contributed by atoms with van der Waals surface area (Å²) >= 11 is 0. The predicted molar refractivity (Wildman–Crippen MR) is 91.0 cm³/mol. The lowest BCUT2D eigenvalue weighted by Gasteiger charge is -2.20. The van der Waals surface area contributed by atoms with Crippen LogP contribution in [0.25, 0.3) is 11.0 Å². The van der Waals surface area contributed by atoms with Crippen LogP contribution in [0.15, 0.2) is 22.6 Å². The molecule has 1 aromatic heterocycles. The fourth-order valence-corrected chi connectivity index (χ4v) is 2.89. The predicted octanol–water partition coefficient (Wildman–Crippen LogP) is 5.35. The van der Waals surface area contributed by atoms with Gasteiger partial charge in [0.15, 0.2) is 0 Å². The number of hydrogen-bond acceptors (Lipinski definition) is 2. The van der Waals surface area contributed by atoms with Crippen LogP contribution in [0.1, 0.15) is 70.4 Å². The highest BCUT2D eigenvalue weighted by atomic mass is 16.3. The van der Waals surface area contributed by atoms with Gasteiger partial charge in [-0.15, -0.1) is 0 Å². The second-order valence-electron chi connectivity index (χ2n) is 6.94. The Hall–Kier alpha value is -1.28. The van der Waals surface area contributed by atoms with Crippen molar-refractivity contribution in [2.24, 2.45) is 0 Å². The summed E-state index contributed by atoms with van der Waals surface area (Å²) in [6.45, 7) is 11.2. The topological polar surface area (TPSA) is 25.2 Å². The molecule has 1 aromatic carbocycles. The summed E-state index contributed by atoms with van der Waals surface area (Å²) in [5.74, 6) is 1.06. The highest BCUT2D eigenvalue weighted by Gasteiger charge is 2.22. The average molecular weight is 287 g/mol. The molecule has 1 N–H and O–H groups in total. The van der Waals surface area contributed by atoms with Crippen LogP contribution in [0.2, 0.25) is 0 Å². The molecule has 0 saturated heterocycles. The Bertz CT molecular complexity index is 604. The quantitative estimate of drug-likeness (QED) is 0.801. The molecule has 2 nitrogen and oxygen atoms in total. The summed E-state index contributed by atoms with van der Waals surface area (Å²) in [6, 6.07) is 7.11. The molecule has 1 atom stereocenters. The van der Waals surface area contributed by atoms with Crippen molar-refractivity contribution >= 4 is 11.0 Å². The van der Waals surface area contributed by atoms with Crippen molar-refractivity contribution in [3.05, 3.63) is 35.1 Å². The van der Waals surface area contributed by atoms with Crippen LogP contribution in [0.5, 0.6) is 0 Å². The minimum atomic E-state index is 0.0957. The van der Waals surface area contributed by atoms with Gasteiger partial charge in [-0.1, -0.05) is 47.1 Å². The molecular weight excluding hydrogens is 258 g/mol. The smallest absolute Gasteiger partial charge is 0.138 e. The van der Waals surface area contributed by atoms with E-state index >= 15 is 0 Å². The van der Waals surface area contributed by atoms with Gasteiger partial charge in [-0.3, -0.25) is 0 Å². The van der Waals surface area contributed by atoms with Crippen molar-refractivity contribution in [2.75, 3.05) is 7.05 Å². The molecule has 0 saturated carbocycles. The molecule has 0 fully saturated rings. The van der Waals surface area contributed by atoms with E-state index in [1.807, 2.05) is 7.05 Å². The van der Waals surface area contributed by atoms with Crippen molar-refractivity contribution < 1.29 is 4.42 Å². The zero-order chi connectivity index (χ0) is 15.6. The number of hydrogen-bond donors (Lipinski definition) is 1. The molecule has 0 bridgehead atoms. The van der Waals surface area contributed by atoms with Crippen molar-refractivity contribution in [3.63, 3.8) is 0 Å². The third-order valence-electron chi connectivity index (χ3n) is 4.18. The summed E-state index contributed by atoms with van der Waals surface area (Å²) in [5, 5.41) is 4.61. The van der Waals surface area contributed by atoms with Crippen LogP contribution in [0, 0.1) is 0 Å². The number of nitrogens with one attached hydrogen (secondary N) is 1. The molecule has 21 heavy (non-hydrogen) atoms. The molecule has 0 radical (unpaired) electrons.